The summed E-state index contributed by atoms with van der Waals surface area (Å²) in [6.07, 6.45) is 6.97. The fraction of sp³-hybridized carbons (Fsp3) is 0.441. The number of aryl methyl sites for hydroxylation is 1. The van der Waals surface area contributed by atoms with Crippen molar-refractivity contribution in [3.8, 4) is 22.9 Å². The highest BCUT2D eigenvalue weighted by Crippen LogP contribution is 2.35. The lowest BCUT2D eigenvalue weighted by Gasteiger charge is -2.32. The molecule has 0 spiro atoms. The normalized spacial score (nSPS) is 17.3. The van der Waals surface area contributed by atoms with Gasteiger partial charge in [-0.15, -0.1) is 0 Å². The Morgan fingerprint density at radius 3 is 2.50 bits per heavy atom. The number of fused-ring (bicyclic) bond motifs is 1. The molecular formula is C34H40N4O4. The molecule has 2 aromatic heterocycles. The van der Waals surface area contributed by atoms with Gasteiger partial charge in [-0.25, -0.2) is 4.52 Å². The quantitative estimate of drug-likeness (QED) is 0.257. The molecule has 0 saturated heterocycles. The van der Waals surface area contributed by atoms with Gasteiger partial charge in [0, 0.05) is 35.2 Å². The van der Waals surface area contributed by atoms with Crippen LogP contribution in [-0.2, 0) is 17.6 Å². The monoisotopic (exact) mass is 568 g/mol. The first-order valence-corrected chi connectivity index (χ1v) is 14.8. The average Bonchev–Trinajstić information content (AvgIpc) is 3.47. The van der Waals surface area contributed by atoms with Crippen LogP contribution in [0.4, 0.5) is 0 Å². The number of aromatic nitrogens is 3. The summed E-state index contributed by atoms with van der Waals surface area (Å²) in [5.74, 6) is 0.695. The van der Waals surface area contributed by atoms with Gasteiger partial charge in [-0.05, 0) is 57.6 Å². The Morgan fingerprint density at radius 1 is 1.07 bits per heavy atom. The Bertz CT molecular complexity index is 1650. The minimum Gasteiger partial charge on any atom is -0.496 e. The van der Waals surface area contributed by atoms with E-state index in [4.69, 9.17) is 9.47 Å². The van der Waals surface area contributed by atoms with Crippen LogP contribution in [0.1, 0.15) is 81.3 Å². The van der Waals surface area contributed by atoms with E-state index in [1.54, 1.807) is 27.2 Å². The molecule has 0 amide bonds. The van der Waals surface area contributed by atoms with E-state index in [-0.39, 0.29) is 17.7 Å². The maximum Gasteiger partial charge on any atom is 0.257 e. The fourth-order valence-corrected chi connectivity index (χ4v) is 6.16. The maximum atomic E-state index is 14.4. The third kappa shape index (κ3) is 5.99. The Kier molecular flexibility index (Phi) is 8.81. The van der Waals surface area contributed by atoms with Crippen molar-refractivity contribution in [3.05, 3.63) is 87.5 Å². The summed E-state index contributed by atoms with van der Waals surface area (Å²) in [4.78, 5) is 14.4. The fourth-order valence-electron chi connectivity index (χ4n) is 6.16. The summed E-state index contributed by atoms with van der Waals surface area (Å²) in [6.45, 7) is 5.89. The molecule has 1 saturated carbocycles. The smallest absolute Gasteiger partial charge is 0.257 e. The molecule has 4 aromatic rings. The highest BCUT2D eigenvalue weighted by atomic mass is 16.5. The topological polar surface area (TPSA) is 102 Å². The maximum absolute atomic E-state index is 14.4. The third-order valence-electron chi connectivity index (χ3n) is 8.15. The Hall–Kier alpha value is -3.93. The molecule has 1 fully saturated rings. The van der Waals surface area contributed by atoms with Crippen molar-refractivity contribution in [2.45, 2.75) is 83.5 Å². The van der Waals surface area contributed by atoms with Crippen LogP contribution in [0.15, 0.2) is 59.5 Å². The number of nitrogens with zero attached hydrogens (tertiary/aromatic N) is 4. The van der Waals surface area contributed by atoms with E-state index in [2.05, 4.69) is 18.1 Å². The van der Waals surface area contributed by atoms with Crippen LogP contribution in [-0.4, -0.2) is 44.7 Å². The van der Waals surface area contributed by atoms with Crippen LogP contribution in [0.5, 0.6) is 5.75 Å². The first-order valence-electron chi connectivity index (χ1n) is 14.8. The lowest BCUT2D eigenvalue weighted by Crippen LogP contribution is -2.36. The number of methoxy groups -OCH3 is 1. The predicted octanol–water partition coefficient (Wildman–Crippen LogP) is 5.86. The van der Waals surface area contributed by atoms with E-state index in [1.165, 1.54) is 0 Å². The molecule has 8 heteroatoms. The molecule has 5 rings (SSSR count). The first kappa shape index (κ1) is 29.6. The molecule has 1 N–H and O–H groups in total. The zero-order valence-corrected chi connectivity index (χ0v) is 25.0. The molecule has 2 heterocycles. The van der Waals surface area contributed by atoms with Crippen molar-refractivity contribution in [2.75, 3.05) is 13.7 Å². The molecule has 0 aliphatic heterocycles. The first-order chi connectivity index (χ1) is 20.3. The molecule has 220 valence electrons. The zero-order chi connectivity index (χ0) is 29.9. The van der Waals surface area contributed by atoms with Gasteiger partial charge in [0.25, 0.3) is 5.56 Å². The molecule has 8 nitrogen and oxygen atoms in total. The molecule has 2 aromatic carbocycles. The van der Waals surface area contributed by atoms with Gasteiger partial charge < -0.3 is 14.6 Å². The van der Waals surface area contributed by atoms with E-state index in [9.17, 15) is 15.2 Å². The van der Waals surface area contributed by atoms with Gasteiger partial charge in [0.1, 0.15) is 17.5 Å². The summed E-state index contributed by atoms with van der Waals surface area (Å²) in [5, 5.41) is 25.1. The molecule has 0 bridgehead atoms. The number of ether oxygens (including phenoxy) is 2. The number of hydrogen-bond acceptors (Lipinski definition) is 6. The molecule has 42 heavy (non-hydrogen) atoms. The number of rotatable bonds is 10. The van der Waals surface area contributed by atoms with Gasteiger partial charge in [0.15, 0.2) is 0 Å². The number of hydrogen-bond donors (Lipinski definition) is 1. The zero-order valence-electron chi connectivity index (χ0n) is 25.0. The van der Waals surface area contributed by atoms with Gasteiger partial charge in [0.2, 0.25) is 0 Å². The largest absolute Gasteiger partial charge is 0.496 e. The van der Waals surface area contributed by atoms with Crippen LogP contribution >= 0.6 is 0 Å². The van der Waals surface area contributed by atoms with Crippen molar-refractivity contribution in [1.29, 1.82) is 5.26 Å². The number of benzene rings is 2. The molecular weight excluding hydrogens is 528 g/mol. The lowest BCUT2D eigenvalue weighted by molar-refractivity contribution is -0.0654. The van der Waals surface area contributed by atoms with Crippen molar-refractivity contribution >= 4 is 5.65 Å². The summed E-state index contributed by atoms with van der Waals surface area (Å²) >= 11 is 0. The third-order valence-corrected chi connectivity index (χ3v) is 8.15. The number of para-hydroxylation sites is 1. The van der Waals surface area contributed by atoms with E-state index in [0.717, 1.165) is 60.1 Å². The van der Waals surface area contributed by atoms with Crippen molar-refractivity contribution in [1.82, 2.24) is 14.2 Å². The van der Waals surface area contributed by atoms with Gasteiger partial charge in [-0.3, -0.25) is 9.36 Å². The standard InChI is InChI=1S/C34H40N4O4/c1-5-9-30-28(20-23-10-8-12-26(29(23)21-35)27-11-6-7-13-31(27)41-4)33(39)37(32-18-19-36-38(30)32)24-14-16-25(17-15-24)42-22-34(2,3)40/h6-8,10-13,18-19,24-25,40H,5,9,14-17,20,22H2,1-4H3. The molecule has 0 radical (unpaired) electrons. The van der Waals surface area contributed by atoms with Crippen LogP contribution in [0.3, 0.4) is 0 Å². The second-order valence-corrected chi connectivity index (χ2v) is 11.8. The van der Waals surface area contributed by atoms with Crippen LogP contribution in [0.2, 0.25) is 0 Å². The Labute approximate surface area is 247 Å². The van der Waals surface area contributed by atoms with E-state index in [1.807, 2.05) is 57.6 Å². The molecule has 0 unspecified atom stereocenters. The second-order valence-electron chi connectivity index (χ2n) is 11.8. The van der Waals surface area contributed by atoms with Crippen LogP contribution in [0.25, 0.3) is 16.8 Å². The van der Waals surface area contributed by atoms with Crippen molar-refractivity contribution in [2.24, 2.45) is 0 Å². The van der Waals surface area contributed by atoms with Gasteiger partial charge >= 0.3 is 0 Å². The second kappa shape index (κ2) is 12.5. The Balaban J connectivity index is 1.56. The van der Waals surface area contributed by atoms with Crippen LogP contribution < -0.4 is 10.3 Å². The molecule has 1 aliphatic carbocycles. The van der Waals surface area contributed by atoms with Crippen molar-refractivity contribution < 1.29 is 14.6 Å². The number of nitriles is 1. The van der Waals surface area contributed by atoms with Gasteiger partial charge in [0.05, 0.1) is 42.9 Å². The van der Waals surface area contributed by atoms with E-state index < -0.39 is 5.60 Å². The highest BCUT2D eigenvalue weighted by molar-refractivity contribution is 5.77. The minimum atomic E-state index is -0.868. The minimum absolute atomic E-state index is 0.0149. The molecule has 1 aliphatic rings. The number of aliphatic hydroxyl groups is 1. The van der Waals surface area contributed by atoms with Gasteiger partial charge in [-0.2, -0.15) is 10.4 Å². The van der Waals surface area contributed by atoms with E-state index in [0.29, 0.717) is 36.3 Å². The summed E-state index contributed by atoms with van der Waals surface area (Å²) < 4.78 is 15.4. The van der Waals surface area contributed by atoms with Crippen LogP contribution in [0, 0.1) is 11.3 Å². The summed E-state index contributed by atoms with van der Waals surface area (Å²) in [5.41, 5.74) is 4.47. The lowest BCUT2D eigenvalue weighted by atomic mass is 9.90. The molecule has 0 atom stereocenters. The average molecular weight is 569 g/mol. The SMILES string of the molecule is CCCc1c(Cc2cccc(-c3ccccc3OC)c2C#N)c(=O)n(C2CCC(OCC(C)(C)O)CC2)c2ccnn12. The van der Waals surface area contributed by atoms with E-state index >= 15 is 0 Å². The van der Waals surface area contributed by atoms with Gasteiger partial charge in [-0.1, -0.05) is 49.7 Å². The summed E-state index contributed by atoms with van der Waals surface area (Å²) in [7, 11) is 1.63. The summed E-state index contributed by atoms with van der Waals surface area (Å²) in [6, 6.07) is 17.8. The van der Waals surface area contributed by atoms with Crippen molar-refractivity contribution in [3.63, 3.8) is 0 Å². The predicted molar refractivity (Wildman–Crippen MR) is 163 cm³/mol. The Morgan fingerprint density at radius 2 is 1.81 bits per heavy atom. The highest BCUT2D eigenvalue weighted by Gasteiger charge is 2.29.